The summed E-state index contributed by atoms with van der Waals surface area (Å²) in [6.07, 6.45) is 0. The zero-order valence-electron chi connectivity index (χ0n) is 12.5. The Balaban J connectivity index is 2.01. The summed E-state index contributed by atoms with van der Waals surface area (Å²) in [6.45, 7) is 5.01. The highest BCUT2D eigenvalue weighted by Crippen LogP contribution is 2.22. The summed E-state index contributed by atoms with van der Waals surface area (Å²) < 4.78 is 19.9. The molecule has 0 heterocycles. The normalized spacial score (nSPS) is 10.7. The van der Waals surface area contributed by atoms with Crippen molar-refractivity contribution in [2.75, 3.05) is 7.11 Å². The van der Waals surface area contributed by atoms with Crippen molar-refractivity contribution in [2.45, 2.75) is 26.9 Å². The van der Waals surface area contributed by atoms with Crippen molar-refractivity contribution in [1.82, 2.24) is 5.32 Å². The first-order valence-corrected chi connectivity index (χ1v) is 7.59. The van der Waals surface area contributed by atoms with Crippen molar-refractivity contribution >= 4 is 15.9 Å². The second-order valence-corrected chi connectivity index (χ2v) is 5.96. The quantitative estimate of drug-likeness (QED) is 0.855. The Kier molecular flexibility index (Phi) is 5.37. The molecule has 0 bridgehead atoms. The number of methoxy groups -OCH3 is 1. The fraction of sp³-hybridized carbons (Fsp3) is 0.294. The molecule has 0 aliphatic rings. The molecule has 0 aliphatic carbocycles. The maximum atomic E-state index is 13.6. The molecule has 0 saturated heterocycles. The number of hydrogen-bond donors (Lipinski definition) is 1. The molecule has 0 aliphatic heterocycles. The SMILES string of the molecule is COc1ccc(Br)c(CNCc2cc(C)c(F)c(C)c2)c1. The van der Waals surface area contributed by atoms with Crippen molar-refractivity contribution in [1.29, 1.82) is 0 Å². The van der Waals surface area contributed by atoms with Crippen LogP contribution >= 0.6 is 15.9 Å². The summed E-state index contributed by atoms with van der Waals surface area (Å²) in [5.74, 6) is 0.720. The van der Waals surface area contributed by atoms with Crippen LogP contribution in [0.25, 0.3) is 0 Å². The minimum absolute atomic E-state index is 0.116. The van der Waals surface area contributed by atoms with Crippen LogP contribution in [0.5, 0.6) is 5.75 Å². The molecule has 1 N–H and O–H groups in total. The second-order valence-electron chi connectivity index (χ2n) is 5.10. The number of nitrogens with one attached hydrogen (secondary N) is 1. The monoisotopic (exact) mass is 351 g/mol. The molecule has 0 fully saturated rings. The van der Waals surface area contributed by atoms with Gasteiger partial charge in [0.1, 0.15) is 11.6 Å². The molecule has 0 aromatic heterocycles. The number of benzene rings is 2. The van der Waals surface area contributed by atoms with Crippen molar-refractivity contribution in [3.05, 3.63) is 62.9 Å². The number of halogens is 2. The lowest BCUT2D eigenvalue weighted by molar-refractivity contribution is 0.414. The van der Waals surface area contributed by atoms with Gasteiger partial charge in [-0.1, -0.05) is 28.1 Å². The molecule has 4 heteroatoms. The summed E-state index contributed by atoms with van der Waals surface area (Å²) in [5.41, 5.74) is 3.60. The molecule has 2 aromatic carbocycles. The lowest BCUT2D eigenvalue weighted by atomic mass is 10.1. The van der Waals surface area contributed by atoms with Crippen LogP contribution in [-0.2, 0) is 13.1 Å². The maximum absolute atomic E-state index is 13.6. The third-order valence-corrected chi connectivity index (χ3v) is 4.17. The van der Waals surface area contributed by atoms with Gasteiger partial charge in [0.15, 0.2) is 0 Å². The van der Waals surface area contributed by atoms with Crippen molar-refractivity contribution < 1.29 is 9.13 Å². The van der Waals surface area contributed by atoms with Crippen molar-refractivity contribution in [3.8, 4) is 5.75 Å². The first-order chi connectivity index (χ1) is 10.0. The Hall–Kier alpha value is -1.39. The molecule has 21 heavy (non-hydrogen) atoms. The van der Waals surface area contributed by atoms with E-state index in [9.17, 15) is 4.39 Å². The molecule has 0 spiro atoms. The number of rotatable bonds is 5. The molecular formula is C17H19BrFNO. The van der Waals surface area contributed by atoms with Crippen molar-refractivity contribution in [3.63, 3.8) is 0 Å². The predicted octanol–water partition coefficient (Wildman–Crippen LogP) is 4.50. The van der Waals surface area contributed by atoms with E-state index in [0.29, 0.717) is 24.2 Å². The zero-order valence-corrected chi connectivity index (χ0v) is 14.1. The molecular weight excluding hydrogens is 333 g/mol. The van der Waals surface area contributed by atoms with Gasteiger partial charge in [-0.2, -0.15) is 0 Å². The van der Waals surface area contributed by atoms with Crippen LogP contribution in [-0.4, -0.2) is 7.11 Å². The number of aryl methyl sites for hydroxylation is 2. The van der Waals surface area contributed by atoms with Crippen LogP contribution in [0.2, 0.25) is 0 Å². The van der Waals surface area contributed by atoms with Crippen LogP contribution < -0.4 is 10.1 Å². The Bertz CT molecular complexity index is 620. The Morgan fingerprint density at radius 3 is 2.38 bits per heavy atom. The molecule has 2 nitrogen and oxygen atoms in total. The highest BCUT2D eigenvalue weighted by atomic mass is 79.9. The van der Waals surface area contributed by atoms with Crippen LogP contribution in [0, 0.1) is 19.7 Å². The van der Waals surface area contributed by atoms with E-state index >= 15 is 0 Å². The van der Waals surface area contributed by atoms with E-state index in [2.05, 4.69) is 21.2 Å². The fourth-order valence-electron chi connectivity index (χ4n) is 2.29. The summed E-state index contributed by atoms with van der Waals surface area (Å²) in [7, 11) is 1.66. The molecule has 0 saturated carbocycles. The highest BCUT2D eigenvalue weighted by molar-refractivity contribution is 9.10. The summed E-state index contributed by atoms with van der Waals surface area (Å²) in [5, 5.41) is 3.38. The smallest absolute Gasteiger partial charge is 0.129 e. The van der Waals surface area contributed by atoms with Gasteiger partial charge in [0.05, 0.1) is 7.11 Å². The Labute approximate surface area is 133 Å². The van der Waals surface area contributed by atoms with E-state index in [4.69, 9.17) is 4.74 Å². The van der Waals surface area contributed by atoms with Gasteiger partial charge in [0.25, 0.3) is 0 Å². The Morgan fingerprint density at radius 2 is 1.76 bits per heavy atom. The summed E-state index contributed by atoms with van der Waals surface area (Å²) in [4.78, 5) is 0. The van der Waals surface area contributed by atoms with Gasteiger partial charge < -0.3 is 10.1 Å². The van der Waals surface area contributed by atoms with Gasteiger partial charge in [0, 0.05) is 17.6 Å². The van der Waals surface area contributed by atoms with E-state index < -0.39 is 0 Å². The third kappa shape index (κ3) is 4.05. The van der Waals surface area contributed by atoms with Crippen LogP contribution in [0.15, 0.2) is 34.8 Å². The molecule has 0 radical (unpaired) electrons. The molecule has 112 valence electrons. The van der Waals surface area contributed by atoms with E-state index in [1.807, 2.05) is 30.3 Å². The fourth-order valence-corrected chi connectivity index (χ4v) is 2.68. The lowest BCUT2D eigenvalue weighted by Gasteiger charge is -2.10. The van der Waals surface area contributed by atoms with Crippen LogP contribution in [0.3, 0.4) is 0 Å². The Morgan fingerprint density at radius 1 is 1.10 bits per heavy atom. The maximum Gasteiger partial charge on any atom is 0.129 e. The molecule has 0 amide bonds. The average molecular weight is 352 g/mol. The number of hydrogen-bond acceptors (Lipinski definition) is 2. The second kappa shape index (κ2) is 7.05. The standard InChI is InChI=1S/C17H19BrFNO/c1-11-6-13(7-12(2)17(11)19)9-20-10-14-8-15(21-3)4-5-16(14)18/h4-8,20H,9-10H2,1-3H3. The van der Waals surface area contributed by atoms with Crippen molar-refractivity contribution in [2.24, 2.45) is 0 Å². The zero-order chi connectivity index (χ0) is 15.4. The van der Waals surface area contributed by atoms with E-state index in [0.717, 1.165) is 21.3 Å². The number of ether oxygens (including phenoxy) is 1. The van der Waals surface area contributed by atoms with Gasteiger partial charge in [-0.25, -0.2) is 4.39 Å². The van der Waals surface area contributed by atoms with E-state index in [1.165, 1.54) is 0 Å². The minimum Gasteiger partial charge on any atom is -0.497 e. The topological polar surface area (TPSA) is 21.3 Å². The highest BCUT2D eigenvalue weighted by Gasteiger charge is 2.05. The predicted molar refractivity (Wildman–Crippen MR) is 87.1 cm³/mol. The van der Waals surface area contributed by atoms with Gasteiger partial charge in [0.2, 0.25) is 0 Å². The van der Waals surface area contributed by atoms with Gasteiger partial charge in [-0.05, 0) is 54.3 Å². The summed E-state index contributed by atoms with van der Waals surface area (Å²) >= 11 is 3.53. The largest absolute Gasteiger partial charge is 0.497 e. The van der Waals surface area contributed by atoms with Gasteiger partial charge >= 0.3 is 0 Å². The first kappa shape index (κ1) is 16.0. The van der Waals surface area contributed by atoms with Gasteiger partial charge in [-0.3, -0.25) is 0 Å². The first-order valence-electron chi connectivity index (χ1n) is 6.80. The minimum atomic E-state index is -0.116. The third-order valence-electron chi connectivity index (χ3n) is 3.39. The van der Waals surface area contributed by atoms with Gasteiger partial charge in [-0.15, -0.1) is 0 Å². The summed E-state index contributed by atoms with van der Waals surface area (Å²) in [6, 6.07) is 9.66. The van der Waals surface area contributed by atoms with E-state index in [-0.39, 0.29) is 5.82 Å². The molecule has 0 atom stereocenters. The molecule has 2 aromatic rings. The van der Waals surface area contributed by atoms with E-state index in [1.54, 1.807) is 21.0 Å². The lowest BCUT2D eigenvalue weighted by Crippen LogP contribution is -2.13. The van der Waals surface area contributed by atoms with Crippen LogP contribution in [0.4, 0.5) is 4.39 Å². The average Bonchev–Trinajstić information content (AvgIpc) is 2.46. The molecule has 0 unspecified atom stereocenters. The molecule has 2 rings (SSSR count). The van der Waals surface area contributed by atoms with Crippen LogP contribution in [0.1, 0.15) is 22.3 Å².